The molecule has 0 atom stereocenters. The Morgan fingerprint density at radius 1 is 0.889 bits per heavy atom. The van der Waals surface area contributed by atoms with Crippen molar-refractivity contribution in [3.63, 3.8) is 0 Å². The Bertz CT molecular complexity index is 521. The Labute approximate surface area is 109 Å². The van der Waals surface area contributed by atoms with E-state index in [1.165, 1.54) is 18.2 Å². The number of hydrogen-bond acceptors (Lipinski definition) is 4. The first-order valence-corrected chi connectivity index (χ1v) is 5.67. The molecular formula is C13H12ClNO3. The van der Waals surface area contributed by atoms with Crippen LogP contribution in [0.5, 0.6) is 17.2 Å². The van der Waals surface area contributed by atoms with E-state index < -0.39 is 0 Å². The third-order valence-corrected chi connectivity index (χ3v) is 2.79. The summed E-state index contributed by atoms with van der Waals surface area (Å²) < 4.78 is 0. The molecule has 94 valence electrons. The molecule has 2 aromatic rings. The normalized spacial score (nSPS) is 10.3. The van der Waals surface area contributed by atoms with Crippen molar-refractivity contribution in [3.8, 4) is 17.2 Å². The molecule has 0 fully saturated rings. The standard InChI is InChI=1S/C13H12ClNO3/c14-10-6-9(2-4-11(10)16)15-7-8-1-3-12(17)13(18)5-8/h1-6,15-18H,7H2. The largest absolute Gasteiger partial charge is 0.506 e. The lowest BCUT2D eigenvalue weighted by molar-refractivity contribution is 0.403. The molecule has 0 bridgehead atoms. The summed E-state index contributed by atoms with van der Waals surface area (Å²) in [4.78, 5) is 0. The zero-order chi connectivity index (χ0) is 13.1. The molecule has 18 heavy (non-hydrogen) atoms. The summed E-state index contributed by atoms with van der Waals surface area (Å²) in [6.07, 6.45) is 0. The highest BCUT2D eigenvalue weighted by molar-refractivity contribution is 6.32. The van der Waals surface area contributed by atoms with E-state index in [-0.39, 0.29) is 22.3 Å². The zero-order valence-corrected chi connectivity index (χ0v) is 10.1. The van der Waals surface area contributed by atoms with Gasteiger partial charge in [-0.05, 0) is 35.9 Å². The fourth-order valence-electron chi connectivity index (χ4n) is 1.50. The Morgan fingerprint density at radius 3 is 2.28 bits per heavy atom. The Hall–Kier alpha value is -2.07. The summed E-state index contributed by atoms with van der Waals surface area (Å²) in [5, 5.41) is 31.2. The van der Waals surface area contributed by atoms with E-state index in [9.17, 15) is 15.3 Å². The first-order chi connectivity index (χ1) is 8.56. The highest BCUT2D eigenvalue weighted by Gasteiger charge is 2.02. The Morgan fingerprint density at radius 2 is 1.61 bits per heavy atom. The van der Waals surface area contributed by atoms with Crippen LogP contribution in [0.3, 0.4) is 0 Å². The van der Waals surface area contributed by atoms with Gasteiger partial charge in [0.2, 0.25) is 0 Å². The molecule has 0 saturated carbocycles. The number of phenolic OH excluding ortho intramolecular Hbond substituents is 3. The SMILES string of the molecule is Oc1ccc(CNc2ccc(O)c(Cl)c2)cc1O. The van der Waals surface area contributed by atoms with Crippen molar-refractivity contribution in [3.05, 3.63) is 47.0 Å². The van der Waals surface area contributed by atoms with Crippen LogP contribution in [0.4, 0.5) is 5.69 Å². The lowest BCUT2D eigenvalue weighted by Gasteiger charge is -2.08. The van der Waals surface area contributed by atoms with Crippen LogP contribution in [0.25, 0.3) is 0 Å². The van der Waals surface area contributed by atoms with Crippen LogP contribution in [0.1, 0.15) is 5.56 Å². The van der Waals surface area contributed by atoms with Crippen molar-refractivity contribution < 1.29 is 15.3 Å². The molecule has 0 aromatic heterocycles. The smallest absolute Gasteiger partial charge is 0.157 e. The zero-order valence-electron chi connectivity index (χ0n) is 9.39. The third-order valence-electron chi connectivity index (χ3n) is 2.48. The van der Waals surface area contributed by atoms with Gasteiger partial charge in [0.05, 0.1) is 5.02 Å². The average Bonchev–Trinajstić information content (AvgIpc) is 2.35. The lowest BCUT2D eigenvalue weighted by Crippen LogP contribution is -1.98. The van der Waals surface area contributed by atoms with Crippen LogP contribution in [0.15, 0.2) is 36.4 Å². The molecule has 2 rings (SSSR count). The van der Waals surface area contributed by atoms with Crippen LogP contribution in [0, 0.1) is 0 Å². The average molecular weight is 266 g/mol. The van der Waals surface area contributed by atoms with Crippen LogP contribution in [0.2, 0.25) is 5.02 Å². The van der Waals surface area contributed by atoms with E-state index >= 15 is 0 Å². The number of benzene rings is 2. The van der Waals surface area contributed by atoms with Crippen LogP contribution < -0.4 is 5.32 Å². The maximum absolute atomic E-state index is 9.35. The molecule has 0 amide bonds. The number of phenols is 3. The summed E-state index contributed by atoms with van der Waals surface area (Å²) in [5.41, 5.74) is 1.57. The predicted octanol–water partition coefficient (Wildman–Crippen LogP) is 3.07. The molecule has 4 nitrogen and oxygen atoms in total. The van der Waals surface area contributed by atoms with Gasteiger partial charge in [-0.2, -0.15) is 0 Å². The predicted molar refractivity (Wildman–Crippen MR) is 70.2 cm³/mol. The van der Waals surface area contributed by atoms with Gasteiger partial charge in [0.1, 0.15) is 5.75 Å². The Balaban J connectivity index is 2.06. The highest BCUT2D eigenvalue weighted by atomic mass is 35.5. The van der Waals surface area contributed by atoms with Crippen molar-refractivity contribution in [2.45, 2.75) is 6.54 Å². The number of halogens is 1. The third kappa shape index (κ3) is 2.78. The van der Waals surface area contributed by atoms with E-state index in [2.05, 4.69) is 5.32 Å². The second kappa shape index (κ2) is 5.06. The van der Waals surface area contributed by atoms with Gasteiger partial charge in [-0.25, -0.2) is 0 Å². The first kappa shape index (κ1) is 12.4. The molecule has 0 aliphatic heterocycles. The molecule has 0 unspecified atom stereocenters. The monoisotopic (exact) mass is 265 g/mol. The molecule has 0 heterocycles. The number of hydrogen-bond donors (Lipinski definition) is 4. The molecule has 5 heteroatoms. The van der Waals surface area contributed by atoms with Crippen molar-refractivity contribution in [1.82, 2.24) is 0 Å². The fraction of sp³-hybridized carbons (Fsp3) is 0.0769. The van der Waals surface area contributed by atoms with Crippen LogP contribution >= 0.6 is 11.6 Å². The van der Waals surface area contributed by atoms with Gasteiger partial charge in [0.15, 0.2) is 11.5 Å². The van der Waals surface area contributed by atoms with Gasteiger partial charge in [-0.3, -0.25) is 0 Å². The molecule has 4 N–H and O–H groups in total. The fourth-order valence-corrected chi connectivity index (χ4v) is 1.68. The summed E-state index contributed by atoms with van der Waals surface area (Å²) in [5.74, 6) is -0.269. The molecule has 0 saturated heterocycles. The van der Waals surface area contributed by atoms with Gasteiger partial charge in [0.25, 0.3) is 0 Å². The van der Waals surface area contributed by atoms with Crippen LogP contribution in [-0.4, -0.2) is 15.3 Å². The molecule has 2 aromatic carbocycles. The van der Waals surface area contributed by atoms with E-state index in [1.807, 2.05) is 0 Å². The second-order valence-electron chi connectivity index (χ2n) is 3.84. The van der Waals surface area contributed by atoms with E-state index in [1.54, 1.807) is 18.2 Å². The van der Waals surface area contributed by atoms with E-state index in [4.69, 9.17) is 11.6 Å². The quantitative estimate of drug-likeness (QED) is 0.508. The minimum atomic E-state index is -0.155. The topological polar surface area (TPSA) is 72.7 Å². The second-order valence-corrected chi connectivity index (χ2v) is 4.25. The van der Waals surface area contributed by atoms with Crippen molar-refractivity contribution in [1.29, 1.82) is 0 Å². The maximum Gasteiger partial charge on any atom is 0.157 e. The van der Waals surface area contributed by atoms with Gasteiger partial charge < -0.3 is 20.6 Å². The minimum Gasteiger partial charge on any atom is -0.506 e. The van der Waals surface area contributed by atoms with E-state index in [0.717, 1.165) is 11.3 Å². The maximum atomic E-state index is 9.35. The minimum absolute atomic E-state index is 0.0319. The number of nitrogens with one attached hydrogen (secondary N) is 1. The summed E-state index contributed by atoms with van der Waals surface area (Å²) in [7, 11) is 0. The molecule has 0 aliphatic carbocycles. The van der Waals surface area contributed by atoms with E-state index in [0.29, 0.717) is 6.54 Å². The lowest BCUT2D eigenvalue weighted by atomic mass is 10.2. The van der Waals surface area contributed by atoms with Gasteiger partial charge in [0, 0.05) is 12.2 Å². The van der Waals surface area contributed by atoms with Gasteiger partial charge in [-0.1, -0.05) is 17.7 Å². The molecule has 0 aliphatic rings. The summed E-state index contributed by atoms with van der Waals surface area (Å²) >= 11 is 5.78. The molecule has 0 spiro atoms. The number of aromatic hydroxyl groups is 3. The highest BCUT2D eigenvalue weighted by Crippen LogP contribution is 2.27. The first-order valence-electron chi connectivity index (χ1n) is 5.29. The summed E-state index contributed by atoms with van der Waals surface area (Å²) in [6, 6.07) is 9.40. The van der Waals surface area contributed by atoms with Crippen molar-refractivity contribution in [2.24, 2.45) is 0 Å². The van der Waals surface area contributed by atoms with Crippen molar-refractivity contribution >= 4 is 17.3 Å². The Kier molecular flexibility index (Phi) is 3.48. The number of anilines is 1. The molecule has 0 radical (unpaired) electrons. The molecular weight excluding hydrogens is 254 g/mol. The van der Waals surface area contributed by atoms with Crippen molar-refractivity contribution in [2.75, 3.05) is 5.32 Å². The number of rotatable bonds is 3. The van der Waals surface area contributed by atoms with Gasteiger partial charge in [-0.15, -0.1) is 0 Å². The summed E-state index contributed by atoms with van der Waals surface area (Å²) in [6.45, 7) is 0.467. The van der Waals surface area contributed by atoms with Crippen LogP contribution in [-0.2, 0) is 6.54 Å². The van der Waals surface area contributed by atoms with Gasteiger partial charge >= 0.3 is 0 Å².